The molecule has 0 amide bonds. The summed E-state index contributed by atoms with van der Waals surface area (Å²) in [4.78, 5) is 4.31. The summed E-state index contributed by atoms with van der Waals surface area (Å²) >= 11 is 5.97. The van der Waals surface area contributed by atoms with Gasteiger partial charge in [0.1, 0.15) is 11.3 Å². The van der Waals surface area contributed by atoms with Crippen molar-refractivity contribution in [3.8, 4) is 11.5 Å². The van der Waals surface area contributed by atoms with Crippen LogP contribution < -0.4 is 5.73 Å². The number of benzene rings is 2. The largest absolute Gasteiger partial charge is 0.436 e. The number of aryl methyl sites for hydroxylation is 1. The van der Waals surface area contributed by atoms with E-state index in [2.05, 4.69) is 4.98 Å². The van der Waals surface area contributed by atoms with Crippen LogP contribution in [0.3, 0.4) is 0 Å². The Labute approximate surface area is 113 Å². The van der Waals surface area contributed by atoms with Crippen molar-refractivity contribution in [2.24, 2.45) is 0 Å². The van der Waals surface area contributed by atoms with Crippen LogP contribution in [-0.2, 0) is 0 Å². The highest BCUT2D eigenvalue weighted by atomic mass is 35.5. The lowest BCUT2D eigenvalue weighted by Gasteiger charge is -2.01. The van der Waals surface area contributed by atoms with Gasteiger partial charge in [-0.3, -0.25) is 0 Å². The van der Waals surface area contributed by atoms with Crippen LogP contribution in [0.2, 0.25) is 5.02 Å². The third-order valence-electron chi connectivity index (χ3n) is 2.92. The van der Waals surface area contributed by atoms with Gasteiger partial charge in [0.05, 0.1) is 11.3 Å². The number of fused-ring (bicyclic) bond motifs is 1. The van der Waals surface area contributed by atoms with Gasteiger partial charge in [-0.25, -0.2) is 9.37 Å². The number of para-hydroxylation sites is 1. The van der Waals surface area contributed by atoms with Crippen molar-refractivity contribution in [2.45, 2.75) is 6.92 Å². The molecule has 96 valence electrons. The van der Waals surface area contributed by atoms with Gasteiger partial charge in [-0.15, -0.1) is 0 Å². The molecule has 3 rings (SSSR count). The molecule has 0 aliphatic carbocycles. The minimum atomic E-state index is -0.491. The number of anilines is 1. The number of halogens is 2. The third-order valence-corrected chi connectivity index (χ3v) is 3.14. The van der Waals surface area contributed by atoms with Gasteiger partial charge in [-0.05, 0) is 36.8 Å². The molecule has 1 heterocycles. The first-order chi connectivity index (χ1) is 9.06. The summed E-state index contributed by atoms with van der Waals surface area (Å²) in [5.74, 6) is -0.202. The number of hydrogen-bond donors (Lipinski definition) is 1. The van der Waals surface area contributed by atoms with Crippen LogP contribution in [-0.4, -0.2) is 4.98 Å². The van der Waals surface area contributed by atoms with E-state index >= 15 is 0 Å². The van der Waals surface area contributed by atoms with E-state index in [0.717, 1.165) is 5.56 Å². The normalized spacial score (nSPS) is 11.1. The topological polar surface area (TPSA) is 52.0 Å². The molecule has 0 aliphatic heterocycles. The molecule has 2 N–H and O–H groups in total. The minimum absolute atomic E-state index is 0.0257. The first-order valence-corrected chi connectivity index (χ1v) is 6.05. The molecule has 3 nitrogen and oxygen atoms in total. The zero-order valence-corrected chi connectivity index (χ0v) is 10.8. The van der Waals surface area contributed by atoms with Crippen molar-refractivity contribution in [3.63, 3.8) is 0 Å². The van der Waals surface area contributed by atoms with E-state index in [1.807, 2.05) is 6.92 Å². The predicted molar refractivity (Wildman–Crippen MR) is 73.6 cm³/mol. The van der Waals surface area contributed by atoms with Crippen molar-refractivity contribution in [2.75, 3.05) is 5.73 Å². The number of oxazole rings is 1. The molecule has 0 aliphatic rings. The molecule has 3 aromatic rings. The SMILES string of the molecule is Cc1cc(Cl)cc2nc(-c3cccc(F)c3N)oc12. The predicted octanol–water partition coefficient (Wildman–Crippen LogP) is 4.18. The molecule has 0 spiro atoms. The highest BCUT2D eigenvalue weighted by Crippen LogP contribution is 2.32. The van der Waals surface area contributed by atoms with E-state index in [4.69, 9.17) is 21.8 Å². The van der Waals surface area contributed by atoms with E-state index in [-0.39, 0.29) is 11.6 Å². The first kappa shape index (κ1) is 12.0. The van der Waals surface area contributed by atoms with Crippen LogP contribution in [0.15, 0.2) is 34.7 Å². The summed E-state index contributed by atoms with van der Waals surface area (Å²) in [5.41, 5.74) is 8.29. The molecule has 0 saturated heterocycles. The second kappa shape index (κ2) is 4.24. The summed E-state index contributed by atoms with van der Waals surface area (Å²) in [6.45, 7) is 1.87. The Morgan fingerprint density at radius 1 is 1.32 bits per heavy atom. The molecule has 0 radical (unpaired) electrons. The number of nitrogens with zero attached hydrogens (tertiary/aromatic N) is 1. The van der Waals surface area contributed by atoms with Crippen LogP contribution in [0.5, 0.6) is 0 Å². The maximum Gasteiger partial charge on any atom is 0.229 e. The smallest absolute Gasteiger partial charge is 0.229 e. The van der Waals surface area contributed by atoms with Crippen molar-refractivity contribution >= 4 is 28.4 Å². The number of nitrogen functional groups attached to an aromatic ring is 1. The van der Waals surface area contributed by atoms with Gasteiger partial charge in [0, 0.05) is 5.02 Å². The minimum Gasteiger partial charge on any atom is -0.436 e. The Hall–Kier alpha value is -2.07. The van der Waals surface area contributed by atoms with Gasteiger partial charge in [0.15, 0.2) is 5.58 Å². The highest BCUT2D eigenvalue weighted by molar-refractivity contribution is 6.31. The molecule has 0 saturated carbocycles. The highest BCUT2D eigenvalue weighted by Gasteiger charge is 2.14. The summed E-state index contributed by atoms with van der Waals surface area (Å²) < 4.78 is 19.1. The fourth-order valence-electron chi connectivity index (χ4n) is 2.00. The molecule has 0 unspecified atom stereocenters. The Balaban J connectivity index is 2.26. The van der Waals surface area contributed by atoms with Crippen molar-refractivity contribution < 1.29 is 8.81 Å². The van der Waals surface area contributed by atoms with Crippen molar-refractivity contribution in [1.82, 2.24) is 4.98 Å². The van der Waals surface area contributed by atoms with Gasteiger partial charge in [-0.2, -0.15) is 0 Å². The molecule has 0 atom stereocenters. The molecule has 19 heavy (non-hydrogen) atoms. The summed E-state index contributed by atoms with van der Waals surface area (Å²) in [6.07, 6.45) is 0. The van der Waals surface area contributed by atoms with Crippen molar-refractivity contribution in [3.05, 3.63) is 46.7 Å². The standard InChI is InChI=1S/C14H10ClFN2O/c1-7-5-8(15)6-11-13(7)19-14(18-11)9-3-2-4-10(16)12(9)17/h2-6H,17H2,1H3. The van der Waals surface area contributed by atoms with Crippen LogP contribution in [0.25, 0.3) is 22.6 Å². The van der Waals surface area contributed by atoms with Gasteiger partial charge >= 0.3 is 0 Å². The number of rotatable bonds is 1. The van der Waals surface area contributed by atoms with E-state index in [1.165, 1.54) is 6.07 Å². The zero-order valence-electron chi connectivity index (χ0n) is 10.1. The lowest BCUT2D eigenvalue weighted by atomic mass is 10.2. The first-order valence-electron chi connectivity index (χ1n) is 5.67. The zero-order chi connectivity index (χ0) is 13.6. The Morgan fingerprint density at radius 2 is 2.11 bits per heavy atom. The quantitative estimate of drug-likeness (QED) is 0.678. The lowest BCUT2D eigenvalue weighted by Crippen LogP contribution is -1.93. The molecular formula is C14H10ClFN2O. The summed E-state index contributed by atoms with van der Waals surface area (Å²) in [7, 11) is 0. The monoisotopic (exact) mass is 276 g/mol. The molecule has 0 bridgehead atoms. The van der Waals surface area contributed by atoms with Crippen LogP contribution in [0, 0.1) is 12.7 Å². The van der Waals surface area contributed by atoms with E-state index in [9.17, 15) is 4.39 Å². The molecule has 0 fully saturated rings. The van der Waals surface area contributed by atoms with Gasteiger partial charge in [0.25, 0.3) is 0 Å². The van der Waals surface area contributed by atoms with Gasteiger partial charge < -0.3 is 10.2 Å². The lowest BCUT2D eigenvalue weighted by molar-refractivity contribution is 0.612. The van der Waals surface area contributed by atoms with E-state index in [1.54, 1.807) is 24.3 Å². The maximum atomic E-state index is 13.4. The third kappa shape index (κ3) is 1.94. The Morgan fingerprint density at radius 3 is 2.89 bits per heavy atom. The van der Waals surface area contributed by atoms with E-state index in [0.29, 0.717) is 21.7 Å². The van der Waals surface area contributed by atoms with Gasteiger partial charge in [0.2, 0.25) is 5.89 Å². The fourth-order valence-corrected chi connectivity index (χ4v) is 2.26. The number of nitrogens with two attached hydrogens (primary N) is 1. The molecule has 2 aromatic carbocycles. The maximum absolute atomic E-state index is 13.4. The Bertz CT molecular complexity index is 782. The number of hydrogen-bond acceptors (Lipinski definition) is 3. The number of aromatic nitrogens is 1. The van der Waals surface area contributed by atoms with Crippen LogP contribution >= 0.6 is 11.6 Å². The van der Waals surface area contributed by atoms with Crippen LogP contribution in [0.1, 0.15) is 5.56 Å². The summed E-state index contributed by atoms with van der Waals surface area (Å²) in [5, 5.41) is 0.581. The van der Waals surface area contributed by atoms with Crippen LogP contribution in [0.4, 0.5) is 10.1 Å². The molecular weight excluding hydrogens is 267 g/mol. The molecule has 1 aromatic heterocycles. The van der Waals surface area contributed by atoms with E-state index < -0.39 is 5.82 Å². The fraction of sp³-hybridized carbons (Fsp3) is 0.0714. The second-order valence-corrected chi connectivity index (χ2v) is 4.73. The average Bonchev–Trinajstić information content (AvgIpc) is 2.76. The van der Waals surface area contributed by atoms with Gasteiger partial charge in [-0.1, -0.05) is 17.7 Å². The van der Waals surface area contributed by atoms with Crippen molar-refractivity contribution in [1.29, 1.82) is 0 Å². The summed E-state index contributed by atoms with van der Waals surface area (Å²) in [6, 6.07) is 8.01. The second-order valence-electron chi connectivity index (χ2n) is 4.29. The molecule has 5 heteroatoms. The average molecular weight is 277 g/mol. The Kier molecular flexibility index (Phi) is 2.68.